The molecule has 1 unspecified atom stereocenters. The lowest BCUT2D eigenvalue weighted by Crippen LogP contribution is -2.34. The van der Waals surface area contributed by atoms with Gasteiger partial charge in [-0.05, 0) is 0 Å². The van der Waals surface area contributed by atoms with Crippen molar-refractivity contribution in [2.75, 3.05) is 6.54 Å². The van der Waals surface area contributed by atoms with Gasteiger partial charge >= 0.3 is 0 Å². The molecule has 0 radical (unpaired) electrons. The predicted molar refractivity (Wildman–Crippen MR) is 37.7 cm³/mol. The van der Waals surface area contributed by atoms with Crippen LogP contribution in [0.3, 0.4) is 0 Å². The van der Waals surface area contributed by atoms with E-state index in [1.165, 1.54) is 0 Å². The Kier molecular flexibility index (Phi) is 1.60. The van der Waals surface area contributed by atoms with Crippen molar-refractivity contribution in [1.29, 1.82) is 0 Å². The Bertz CT molecular complexity index is 130. The van der Waals surface area contributed by atoms with E-state index in [9.17, 15) is 0 Å². The summed E-state index contributed by atoms with van der Waals surface area (Å²) in [4.78, 5) is 0.527. The third-order valence-corrected chi connectivity index (χ3v) is 1.34. The van der Waals surface area contributed by atoms with Gasteiger partial charge in [0.2, 0.25) is 0 Å². The molecule has 1 atom stereocenters. The van der Waals surface area contributed by atoms with E-state index in [0.29, 0.717) is 4.99 Å². The van der Waals surface area contributed by atoms with Crippen LogP contribution in [0.1, 0.15) is 0 Å². The lowest BCUT2D eigenvalue weighted by molar-refractivity contribution is 0.814. The van der Waals surface area contributed by atoms with Crippen LogP contribution in [-0.2, 0) is 0 Å². The zero-order chi connectivity index (χ0) is 5.98. The summed E-state index contributed by atoms with van der Waals surface area (Å²) in [6.07, 6.45) is 3.99. The van der Waals surface area contributed by atoms with E-state index in [2.05, 4.69) is 5.32 Å². The summed E-state index contributed by atoms with van der Waals surface area (Å²) in [6.45, 7) is 0.891. The van der Waals surface area contributed by atoms with E-state index in [-0.39, 0.29) is 6.04 Å². The Labute approximate surface area is 53.8 Å². The summed E-state index contributed by atoms with van der Waals surface area (Å²) < 4.78 is 0. The second-order valence-corrected chi connectivity index (χ2v) is 2.19. The SMILES string of the molecule is NC(=S)C1C=CCN1. The lowest BCUT2D eigenvalue weighted by atomic mass is 10.3. The van der Waals surface area contributed by atoms with E-state index in [0.717, 1.165) is 6.54 Å². The fourth-order valence-electron chi connectivity index (χ4n) is 0.663. The van der Waals surface area contributed by atoms with Gasteiger partial charge in [0.05, 0.1) is 11.0 Å². The minimum Gasteiger partial charge on any atom is -0.392 e. The smallest absolute Gasteiger partial charge is 0.0939 e. The first kappa shape index (κ1) is 5.72. The molecule has 3 N–H and O–H groups in total. The van der Waals surface area contributed by atoms with Crippen LogP contribution in [0.15, 0.2) is 12.2 Å². The van der Waals surface area contributed by atoms with Crippen molar-refractivity contribution < 1.29 is 0 Å². The summed E-state index contributed by atoms with van der Waals surface area (Å²) in [6, 6.07) is 0.144. The molecule has 0 saturated carbocycles. The molecule has 1 aliphatic heterocycles. The van der Waals surface area contributed by atoms with Crippen molar-refractivity contribution in [2.45, 2.75) is 6.04 Å². The van der Waals surface area contributed by atoms with Gasteiger partial charge < -0.3 is 11.1 Å². The monoisotopic (exact) mass is 128 g/mol. The van der Waals surface area contributed by atoms with Gasteiger partial charge in [-0.2, -0.15) is 0 Å². The molecule has 44 valence electrons. The van der Waals surface area contributed by atoms with Crippen molar-refractivity contribution in [3.8, 4) is 0 Å². The molecule has 1 aliphatic rings. The lowest BCUT2D eigenvalue weighted by Gasteiger charge is -2.03. The Morgan fingerprint density at radius 1 is 1.88 bits per heavy atom. The van der Waals surface area contributed by atoms with Gasteiger partial charge in [-0.15, -0.1) is 0 Å². The average molecular weight is 128 g/mol. The van der Waals surface area contributed by atoms with Crippen LogP contribution in [0, 0.1) is 0 Å². The zero-order valence-electron chi connectivity index (χ0n) is 4.42. The van der Waals surface area contributed by atoms with Crippen LogP contribution in [0.25, 0.3) is 0 Å². The first-order chi connectivity index (χ1) is 3.80. The van der Waals surface area contributed by atoms with Crippen LogP contribution in [-0.4, -0.2) is 17.6 Å². The molecule has 0 saturated heterocycles. The first-order valence-electron chi connectivity index (χ1n) is 2.50. The Hall–Kier alpha value is -0.410. The topological polar surface area (TPSA) is 38.0 Å². The van der Waals surface area contributed by atoms with Crippen molar-refractivity contribution in [3.05, 3.63) is 12.2 Å². The molecule has 0 amide bonds. The number of hydrogen-bond donors (Lipinski definition) is 2. The summed E-state index contributed by atoms with van der Waals surface area (Å²) in [7, 11) is 0. The van der Waals surface area contributed by atoms with Crippen LogP contribution in [0.5, 0.6) is 0 Å². The Morgan fingerprint density at radius 3 is 2.88 bits per heavy atom. The highest BCUT2D eigenvalue weighted by Crippen LogP contribution is 1.93. The maximum Gasteiger partial charge on any atom is 0.0939 e. The van der Waals surface area contributed by atoms with Gasteiger partial charge in [0, 0.05) is 6.54 Å². The maximum atomic E-state index is 5.32. The largest absolute Gasteiger partial charge is 0.392 e. The molecular formula is C5H8N2S. The van der Waals surface area contributed by atoms with Crippen molar-refractivity contribution >= 4 is 17.2 Å². The highest BCUT2D eigenvalue weighted by Gasteiger charge is 2.08. The van der Waals surface area contributed by atoms with Gasteiger partial charge in [0.1, 0.15) is 0 Å². The van der Waals surface area contributed by atoms with Crippen LogP contribution < -0.4 is 11.1 Å². The molecule has 3 heteroatoms. The third kappa shape index (κ3) is 1.05. The fraction of sp³-hybridized carbons (Fsp3) is 0.400. The van der Waals surface area contributed by atoms with E-state index >= 15 is 0 Å². The molecule has 2 nitrogen and oxygen atoms in total. The molecule has 1 heterocycles. The second-order valence-electron chi connectivity index (χ2n) is 1.72. The van der Waals surface area contributed by atoms with Crippen molar-refractivity contribution in [3.63, 3.8) is 0 Å². The molecule has 0 bridgehead atoms. The molecule has 0 aromatic rings. The van der Waals surface area contributed by atoms with Crippen LogP contribution in [0.4, 0.5) is 0 Å². The first-order valence-corrected chi connectivity index (χ1v) is 2.91. The number of nitrogens with two attached hydrogens (primary N) is 1. The number of hydrogen-bond acceptors (Lipinski definition) is 2. The van der Waals surface area contributed by atoms with Gasteiger partial charge in [0.25, 0.3) is 0 Å². The molecule has 8 heavy (non-hydrogen) atoms. The van der Waals surface area contributed by atoms with Crippen LogP contribution >= 0.6 is 12.2 Å². The highest BCUT2D eigenvalue weighted by atomic mass is 32.1. The number of thiocarbonyl (C=S) groups is 1. The Morgan fingerprint density at radius 2 is 2.62 bits per heavy atom. The van der Waals surface area contributed by atoms with Gasteiger partial charge in [-0.25, -0.2) is 0 Å². The maximum absolute atomic E-state index is 5.32. The fourth-order valence-corrected chi connectivity index (χ4v) is 0.825. The van der Waals surface area contributed by atoms with Gasteiger partial charge in [0.15, 0.2) is 0 Å². The molecule has 1 rings (SSSR count). The summed E-state index contributed by atoms with van der Waals surface area (Å²) in [5, 5.41) is 3.08. The molecule has 0 aromatic heterocycles. The zero-order valence-corrected chi connectivity index (χ0v) is 5.24. The molecular weight excluding hydrogens is 120 g/mol. The van der Waals surface area contributed by atoms with E-state index < -0.39 is 0 Å². The van der Waals surface area contributed by atoms with Crippen molar-refractivity contribution in [2.24, 2.45) is 5.73 Å². The average Bonchev–Trinajstić information content (AvgIpc) is 2.12. The molecule has 0 aliphatic carbocycles. The quantitative estimate of drug-likeness (QED) is 0.379. The van der Waals surface area contributed by atoms with Crippen LogP contribution in [0.2, 0.25) is 0 Å². The molecule has 0 spiro atoms. The summed E-state index contributed by atoms with van der Waals surface area (Å²) >= 11 is 4.72. The van der Waals surface area contributed by atoms with E-state index in [4.69, 9.17) is 18.0 Å². The van der Waals surface area contributed by atoms with Gasteiger partial charge in [-0.3, -0.25) is 0 Å². The van der Waals surface area contributed by atoms with Gasteiger partial charge in [-0.1, -0.05) is 24.4 Å². The minimum atomic E-state index is 0.144. The van der Waals surface area contributed by atoms with E-state index in [1.807, 2.05) is 12.2 Å². The van der Waals surface area contributed by atoms with E-state index in [1.54, 1.807) is 0 Å². The second kappa shape index (κ2) is 2.24. The number of nitrogens with one attached hydrogen (secondary N) is 1. The summed E-state index contributed by atoms with van der Waals surface area (Å²) in [5.74, 6) is 0. The molecule has 0 aromatic carbocycles. The highest BCUT2D eigenvalue weighted by molar-refractivity contribution is 7.80. The Balaban J connectivity index is 2.48. The molecule has 0 fully saturated rings. The predicted octanol–water partition coefficient (Wildman–Crippen LogP) is -0.199. The standard InChI is InChI=1S/C5H8N2S/c6-5(8)4-2-1-3-7-4/h1-2,4,7H,3H2,(H2,6,8). The third-order valence-electron chi connectivity index (χ3n) is 1.09. The normalized spacial score (nSPS) is 26.2. The number of rotatable bonds is 1. The summed E-state index contributed by atoms with van der Waals surface area (Å²) in [5.41, 5.74) is 5.32. The van der Waals surface area contributed by atoms with Crippen molar-refractivity contribution in [1.82, 2.24) is 5.32 Å². The minimum absolute atomic E-state index is 0.144.